The van der Waals surface area contributed by atoms with Crippen LogP contribution >= 0.6 is 0 Å². The smallest absolute Gasteiger partial charge is 0.255 e. The normalized spacial score (nSPS) is 22.4. The van der Waals surface area contributed by atoms with Gasteiger partial charge in [0.15, 0.2) is 0 Å². The van der Waals surface area contributed by atoms with E-state index in [9.17, 15) is 9.90 Å². The standard InChI is InChI=1S/C14H18N2O3/c17-13-5-11(6-15-7-13)14(18)16(12-1-2-12)8-10-3-4-19-9-10/h5-7,10,12,17H,1-4,8-9H2. The maximum absolute atomic E-state index is 12.5. The highest BCUT2D eigenvalue weighted by atomic mass is 16.5. The Morgan fingerprint density at radius 2 is 2.26 bits per heavy atom. The quantitative estimate of drug-likeness (QED) is 0.891. The lowest BCUT2D eigenvalue weighted by Crippen LogP contribution is -2.37. The molecule has 102 valence electrons. The molecule has 1 saturated heterocycles. The highest BCUT2D eigenvalue weighted by Crippen LogP contribution is 2.30. The number of hydrogen-bond acceptors (Lipinski definition) is 4. The van der Waals surface area contributed by atoms with Crippen molar-refractivity contribution in [1.82, 2.24) is 9.88 Å². The lowest BCUT2D eigenvalue weighted by molar-refractivity contribution is 0.0705. The summed E-state index contributed by atoms with van der Waals surface area (Å²) < 4.78 is 5.37. The molecule has 1 amide bonds. The van der Waals surface area contributed by atoms with Crippen molar-refractivity contribution in [1.29, 1.82) is 0 Å². The zero-order valence-electron chi connectivity index (χ0n) is 10.8. The predicted octanol–water partition coefficient (Wildman–Crippen LogP) is 1.43. The van der Waals surface area contributed by atoms with E-state index in [-0.39, 0.29) is 11.7 Å². The number of carbonyl (C=O) groups is 1. The van der Waals surface area contributed by atoms with Crippen molar-refractivity contribution in [3.05, 3.63) is 24.0 Å². The molecular weight excluding hydrogens is 244 g/mol. The van der Waals surface area contributed by atoms with Gasteiger partial charge in [-0.25, -0.2) is 0 Å². The van der Waals surface area contributed by atoms with E-state index in [1.807, 2.05) is 4.90 Å². The Kier molecular flexibility index (Phi) is 3.38. The van der Waals surface area contributed by atoms with Crippen LogP contribution in [0.5, 0.6) is 5.75 Å². The summed E-state index contributed by atoms with van der Waals surface area (Å²) >= 11 is 0. The van der Waals surface area contributed by atoms with Crippen LogP contribution in [0.3, 0.4) is 0 Å². The van der Waals surface area contributed by atoms with E-state index in [0.717, 1.165) is 39.0 Å². The lowest BCUT2D eigenvalue weighted by Gasteiger charge is -2.25. The van der Waals surface area contributed by atoms with Gasteiger partial charge in [0.25, 0.3) is 5.91 Å². The molecule has 0 bridgehead atoms. The van der Waals surface area contributed by atoms with Crippen molar-refractivity contribution in [2.24, 2.45) is 5.92 Å². The molecule has 2 heterocycles. The molecule has 5 nitrogen and oxygen atoms in total. The van der Waals surface area contributed by atoms with Crippen molar-refractivity contribution >= 4 is 5.91 Å². The van der Waals surface area contributed by atoms with E-state index in [0.29, 0.717) is 17.5 Å². The summed E-state index contributed by atoms with van der Waals surface area (Å²) in [7, 11) is 0. The van der Waals surface area contributed by atoms with Gasteiger partial charge in [-0.05, 0) is 25.3 Å². The number of amides is 1. The minimum absolute atomic E-state index is 0.0298. The zero-order chi connectivity index (χ0) is 13.2. The van der Waals surface area contributed by atoms with Crippen LogP contribution < -0.4 is 0 Å². The molecule has 2 aliphatic rings. The van der Waals surface area contributed by atoms with Gasteiger partial charge in [0.2, 0.25) is 0 Å². The fraction of sp³-hybridized carbons (Fsp3) is 0.571. The van der Waals surface area contributed by atoms with E-state index in [1.54, 1.807) is 0 Å². The molecule has 5 heteroatoms. The zero-order valence-corrected chi connectivity index (χ0v) is 10.8. The van der Waals surface area contributed by atoms with Crippen LogP contribution in [0.1, 0.15) is 29.6 Å². The van der Waals surface area contributed by atoms with Crippen LogP contribution in [0.4, 0.5) is 0 Å². The summed E-state index contributed by atoms with van der Waals surface area (Å²) in [6, 6.07) is 1.84. The van der Waals surface area contributed by atoms with Gasteiger partial charge in [0.05, 0.1) is 18.4 Å². The average Bonchev–Trinajstić information content (AvgIpc) is 3.12. The number of aromatic nitrogens is 1. The maximum Gasteiger partial charge on any atom is 0.255 e. The van der Waals surface area contributed by atoms with E-state index < -0.39 is 0 Å². The summed E-state index contributed by atoms with van der Waals surface area (Å²) in [4.78, 5) is 18.3. The van der Waals surface area contributed by atoms with E-state index in [2.05, 4.69) is 4.98 Å². The molecule has 1 N–H and O–H groups in total. The third-order valence-corrected chi connectivity index (χ3v) is 3.70. The van der Waals surface area contributed by atoms with Gasteiger partial charge < -0.3 is 14.7 Å². The fourth-order valence-corrected chi connectivity index (χ4v) is 2.50. The van der Waals surface area contributed by atoms with Crippen molar-refractivity contribution < 1.29 is 14.6 Å². The second-order valence-electron chi connectivity index (χ2n) is 5.35. The molecular formula is C14H18N2O3. The molecule has 1 aromatic rings. The summed E-state index contributed by atoms with van der Waals surface area (Å²) in [6.07, 6.45) is 6.03. The molecule has 1 saturated carbocycles. The van der Waals surface area contributed by atoms with Crippen LogP contribution in [0, 0.1) is 5.92 Å². The maximum atomic E-state index is 12.5. The summed E-state index contributed by atoms with van der Waals surface area (Å²) in [5, 5.41) is 9.43. The minimum Gasteiger partial charge on any atom is -0.506 e. The first-order valence-corrected chi connectivity index (χ1v) is 6.77. The Labute approximate surface area is 112 Å². The molecule has 1 aromatic heterocycles. The molecule has 19 heavy (non-hydrogen) atoms. The summed E-state index contributed by atoms with van der Waals surface area (Å²) in [6.45, 7) is 2.29. The average molecular weight is 262 g/mol. The molecule has 2 fully saturated rings. The number of nitrogens with zero attached hydrogens (tertiary/aromatic N) is 2. The van der Waals surface area contributed by atoms with Crippen molar-refractivity contribution in [3.8, 4) is 5.75 Å². The van der Waals surface area contributed by atoms with Crippen LogP contribution in [-0.4, -0.2) is 46.7 Å². The van der Waals surface area contributed by atoms with Gasteiger partial charge in [-0.15, -0.1) is 0 Å². The molecule has 1 aliphatic heterocycles. The van der Waals surface area contributed by atoms with Crippen LogP contribution in [-0.2, 0) is 4.74 Å². The highest BCUT2D eigenvalue weighted by Gasteiger charge is 2.35. The van der Waals surface area contributed by atoms with E-state index in [4.69, 9.17) is 4.74 Å². The topological polar surface area (TPSA) is 62.7 Å². The first-order chi connectivity index (χ1) is 9.24. The number of pyridine rings is 1. The Balaban J connectivity index is 1.73. The van der Waals surface area contributed by atoms with Gasteiger partial charge in [-0.1, -0.05) is 0 Å². The van der Waals surface area contributed by atoms with Crippen molar-refractivity contribution in [2.75, 3.05) is 19.8 Å². The first kappa shape index (κ1) is 12.4. The van der Waals surface area contributed by atoms with Gasteiger partial charge >= 0.3 is 0 Å². The van der Waals surface area contributed by atoms with E-state index >= 15 is 0 Å². The number of ether oxygens (including phenoxy) is 1. The lowest BCUT2D eigenvalue weighted by atomic mass is 10.1. The second kappa shape index (κ2) is 5.17. The third-order valence-electron chi connectivity index (χ3n) is 3.70. The number of carbonyl (C=O) groups excluding carboxylic acids is 1. The molecule has 3 rings (SSSR count). The largest absolute Gasteiger partial charge is 0.506 e. The second-order valence-corrected chi connectivity index (χ2v) is 5.35. The number of hydrogen-bond donors (Lipinski definition) is 1. The Hall–Kier alpha value is -1.62. The SMILES string of the molecule is O=C(c1cncc(O)c1)N(CC1CCOC1)C1CC1. The van der Waals surface area contributed by atoms with Crippen LogP contribution in [0.25, 0.3) is 0 Å². The van der Waals surface area contributed by atoms with E-state index in [1.165, 1.54) is 18.5 Å². The first-order valence-electron chi connectivity index (χ1n) is 6.77. The molecule has 0 aromatic carbocycles. The number of aromatic hydroxyl groups is 1. The highest BCUT2D eigenvalue weighted by molar-refractivity contribution is 5.94. The summed E-state index contributed by atoms with van der Waals surface area (Å²) in [5.41, 5.74) is 0.464. The van der Waals surface area contributed by atoms with Crippen LogP contribution in [0.2, 0.25) is 0 Å². The summed E-state index contributed by atoms with van der Waals surface area (Å²) in [5.74, 6) is 0.443. The Morgan fingerprint density at radius 3 is 2.89 bits per heavy atom. The molecule has 1 aliphatic carbocycles. The monoisotopic (exact) mass is 262 g/mol. The minimum atomic E-state index is -0.0298. The fourth-order valence-electron chi connectivity index (χ4n) is 2.50. The molecule has 0 spiro atoms. The molecule has 1 atom stereocenters. The van der Waals surface area contributed by atoms with Crippen LogP contribution in [0.15, 0.2) is 18.5 Å². The number of rotatable bonds is 4. The Morgan fingerprint density at radius 1 is 1.42 bits per heavy atom. The third kappa shape index (κ3) is 2.87. The van der Waals surface area contributed by atoms with Crippen molar-refractivity contribution in [2.45, 2.75) is 25.3 Å². The van der Waals surface area contributed by atoms with Gasteiger partial charge in [-0.3, -0.25) is 9.78 Å². The van der Waals surface area contributed by atoms with Gasteiger partial charge in [0, 0.05) is 31.3 Å². The van der Waals surface area contributed by atoms with Crippen molar-refractivity contribution in [3.63, 3.8) is 0 Å². The predicted molar refractivity (Wildman–Crippen MR) is 68.9 cm³/mol. The van der Waals surface area contributed by atoms with Gasteiger partial charge in [-0.2, -0.15) is 0 Å². The molecule has 1 unspecified atom stereocenters. The van der Waals surface area contributed by atoms with Gasteiger partial charge in [0.1, 0.15) is 5.75 Å². The molecule has 0 radical (unpaired) electrons. The Bertz CT molecular complexity index is 468.